The second-order valence-corrected chi connectivity index (χ2v) is 19.0. The smallest absolute Gasteiger partial charge is 0.318 e. The number of nitrogens with one attached hydrogen (secondary N) is 1. The molecule has 61 heavy (non-hydrogen) atoms. The number of aliphatic hydroxyl groups excluding tert-OH is 3. The van der Waals surface area contributed by atoms with Gasteiger partial charge in [-0.05, 0) is 93.3 Å². The Bertz CT molecular complexity index is 1550. The lowest BCUT2D eigenvalue weighted by Gasteiger charge is -2.48. The largest absolute Gasteiger partial charge is 0.459 e. The van der Waals surface area contributed by atoms with E-state index in [4.69, 9.17) is 28.4 Å². The third-order valence-electron chi connectivity index (χ3n) is 13.5. The maximum atomic E-state index is 14.5. The summed E-state index contributed by atoms with van der Waals surface area (Å²) >= 11 is 0. The Morgan fingerprint density at radius 2 is 1.59 bits per heavy atom. The van der Waals surface area contributed by atoms with E-state index >= 15 is 0 Å². The van der Waals surface area contributed by atoms with E-state index in [1.807, 2.05) is 63.2 Å². The molecule has 3 heterocycles. The van der Waals surface area contributed by atoms with E-state index in [2.05, 4.69) is 5.32 Å². The molecule has 18 atom stereocenters. The Morgan fingerprint density at radius 3 is 2.18 bits per heavy atom. The number of carbonyl (C=O) groups is 2. The molecule has 0 spiro atoms. The molecule has 0 aliphatic carbocycles. The van der Waals surface area contributed by atoms with E-state index in [1.165, 1.54) is 18.9 Å². The van der Waals surface area contributed by atoms with Crippen LogP contribution in [0.3, 0.4) is 0 Å². The number of urea groups is 1. The zero-order chi connectivity index (χ0) is 45.8. The number of rotatable bonds is 9. The van der Waals surface area contributed by atoms with Crippen molar-refractivity contribution in [3.63, 3.8) is 0 Å². The average Bonchev–Trinajstić information content (AvgIpc) is 3.20. The molecule has 16 heteroatoms. The summed E-state index contributed by atoms with van der Waals surface area (Å²) in [5.41, 5.74) is -3.97. The van der Waals surface area contributed by atoms with Crippen molar-refractivity contribution in [3.05, 3.63) is 35.9 Å². The van der Waals surface area contributed by atoms with Gasteiger partial charge in [0.15, 0.2) is 12.6 Å². The maximum Gasteiger partial charge on any atom is 0.318 e. The number of methoxy groups -OCH3 is 1. The lowest BCUT2D eigenvalue weighted by atomic mass is 9.77. The van der Waals surface area contributed by atoms with Gasteiger partial charge >= 0.3 is 12.0 Å². The van der Waals surface area contributed by atoms with Gasteiger partial charge in [0.1, 0.15) is 30.0 Å². The van der Waals surface area contributed by atoms with Crippen molar-refractivity contribution in [1.29, 1.82) is 0 Å². The molecule has 0 radical (unpaired) electrons. The Balaban J connectivity index is 1.84. The number of esters is 1. The van der Waals surface area contributed by atoms with Crippen molar-refractivity contribution in [1.82, 2.24) is 15.1 Å². The number of nitrogens with zero attached hydrogens (tertiary/aromatic N) is 2. The van der Waals surface area contributed by atoms with Gasteiger partial charge in [0.05, 0.1) is 47.6 Å². The summed E-state index contributed by atoms with van der Waals surface area (Å²) in [6.45, 7) is 17.2. The highest BCUT2D eigenvalue weighted by Crippen LogP contribution is 2.40. The quantitative estimate of drug-likeness (QED) is 0.197. The topological polar surface area (TPSA) is 209 Å². The van der Waals surface area contributed by atoms with Crippen LogP contribution >= 0.6 is 0 Å². The summed E-state index contributed by atoms with van der Waals surface area (Å²) in [5, 5.41) is 62.4. The van der Waals surface area contributed by atoms with Gasteiger partial charge in [-0.3, -0.25) is 4.79 Å². The van der Waals surface area contributed by atoms with Gasteiger partial charge < -0.3 is 69.1 Å². The molecule has 3 aliphatic heterocycles. The van der Waals surface area contributed by atoms with Crippen LogP contribution in [0.1, 0.15) is 100 Å². The number of carbonyl (C=O) groups excluding carboxylic acids is 2. The highest BCUT2D eigenvalue weighted by atomic mass is 16.7. The highest BCUT2D eigenvalue weighted by molar-refractivity contribution is 5.75. The van der Waals surface area contributed by atoms with Crippen LogP contribution in [0.15, 0.2) is 30.3 Å². The summed E-state index contributed by atoms with van der Waals surface area (Å²) in [7, 11) is 5.22. The van der Waals surface area contributed by atoms with Crippen LogP contribution < -0.4 is 5.32 Å². The Kier molecular flexibility index (Phi) is 17.6. The molecule has 6 N–H and O–H groups in total. The molecule has 1 aromatic carbocycles. The molecule has 2 amide bonds. The second kappa shape index (κ2) is 21.0. The first kappa shape index (κ1) is 51.2. The van der Waals surface area contributed by atoms with Gasteiger partial charge in [0, 0.05) is 38.6 Å². The molecule has 0 unspecified atom stereocenters. The van der Waals surface area contributed by atoms with Crippen LogP contribution in [0.25, 0.3) is 0 Å². The van der Waals surface area contributed by atoms with Gasteiger partial charge in [-0.2, -0.15) is 0 Å². The molecular weight excluding hydrogens is 791 g/mol. The van der Waals surface area contributed by atoms with Crippen LogP contribution in [0.5, 0.6) is 0 Å². The van der Waals surface area contributed by atoms with E-state index in [1.54, 1.807) is 48.5 Å². The number of cyclic esters (lactones) is 1. The van der Waals surface area contributed by atoms with Crippen molar-refractivity contribution >= 4 is 12.0 Å². The van der Waals surface area contributed by atoms with Crippen LogP contribution in [0, 0.1) is 17.8 Å². The standard InChI is InChI=1S/C45H77N3O13/c1-14-33-45(10,55)37(50)29(6)48(42(53)46-23-31-18-16-15-17-19-31)24-25(2)21-43(8,54)39(61-41-35(49)32(47(11)12)20-26(3)57-41)27(4)36(28(5)40(52)59-33)60-34-22-44(9,56-13)38(51)30(7)58-34/h15-19,25-30,32-39,41,49-51,54-55H,14,20-24H2,1-13H3,(H,46,53)/t25-,26-,27+,28-,29-,30+,32+,33-,34+,35-,36+,37-,38+,39-,41+,43-,44-,45-/m1/s1. The number of likely N-dealkylation sites (N-methyl/N-ethyl adjacent to an activating group) is 1. The fourth-order valence-corrected chi connectivity index (χ4v) is 9.65. The van der Waals surface area contributed by atoms with Crippen molar-refractivity contribution < 1.29 is 63.5 Å². The minimum Gasteiger partial charge on any atom is -0.459 e. The van der Waals surface area contributed by atoms with Crippen molar-refractivity contribution in [2.45, 2.75) is 192 Å². The first-order chi connectivity index (χ1) is 28.4. The minimum atomic E-state index is -2.03. The minimum absolute atomic E-state index is 0.0348. The average molecular weight is 868 g/mol. The molecule has 0 bridgehead atoms. The highest BCUT2D eigenvalue weighted by Gasteiger charge is 2.53. The third-order valence-corrected chi connectivity index (χ3v) is 13.5. The SMILES string of the molecule is CC[C@H]1OC(=O)[C@H](C)[C@@H](O[C@H]2C[C@@](C)(OC)[C@@H](O)[C@H](C)O2)[C@H](C)[C@@H](O[C@@H]2O[C@H](C)C[C@H](N(C)C)[C@H]2O)[C@](C)(O)C[C@@H](C)CN(C(=O)NCc2ccccc2)[C@H](C)[C@@H](O)[C@]1(C)O. The Hall–Kier alpha value is -2.48. The Morgan fingerprint density at radius 1 is 0.951 bits per heavy atom. The van der Waals surface area contributed by atoms with Gasteiger partial charge in [-0.1, -0.05) is 51.1 Å². The predicted molar refractivity (Wildman–Crippen MR) is 227 cm³/mol. The van der Waals surface area contributed by atoms with Crippen LogP contribution in [0.4, 0.5) is 4.79 Å². The van der Waals surface area contributed by atoms with Gasteiger partial charge in [-0.15, -0.1) is 0 Å². The third kappa shape index (κ3) is 12.0. The van der Waals surface area contributed by atoms with Crippen molar-refractivity contribution in [2.24, 2.45) is 17.8 Å². The van der Waals surface area contributed by atoms with Gasteiger partial charge in [-0.25, -0.2) is 4.79 Å². The zero-order valence-electron chi connectivity index (χ0n) is 38.7. The number of amides is 2. The van der Waals surface area contributed by atoms with Crippen molar-refractivity contribution in [3.8, 4) is 0 Å². The zero-order valence-corrected chi connectivity index (χ0v) is 38.7. The Labute approximate surface area is 363 Å². The van der Waals surface area contributed by atoms with Crippen LogP contribution in [-0.2, 0) is 39.8 Å². The van der Waals surface area contributed by atoms with E-state index < -0.39 is 108 Å². The molecule has 0 saturated carbocycles. The summed E-state index contributed by atoms with van der Waals surface area (Å²) in [6.07, 6.45) is -9.65. The summed E-state index contributed by atoms with van der Waals surface area (Å²) in [6, 6.07) is 7.53. The number of hydrogen-bond donors (Lipinski definition) is 6. The normalized spacial score (nSPS) is 43.6. The summed E-state index contributed by atoms with van der Waals surface area (Å²) in [5.74, 6) is -3.16. The lowest BCUT2D eigenvalue weighted by Crippen LogP contribution is -2.61. The molecule has 3 fully saturated rings. The molecule has 16 nitrogen and oxygen atoms in total. The predicted octanol–water partition coefficient (Wildman–Crippen LogP) is 3.18. The van der Waals surface area contributed by atoms with Crippen LogP contribution in [0.2, 0.25) is 0 Å². The first-order valence-corrected chi connectivity index (χ1v) is 22.0. The fraction of sp³-hybridized carbons (Fsp3) is 0.822. The molecule has 4 rings (SSSR count). The van der Waals surface area contributed by atoms with Crippen LogP contribution in [-0.4, -0.2) is 165 Å². The number of aliphatic hydroxyl groups is 5. The fourth-order valence-electron chi connectivity index (χ4n) is 9.65. The van der Waals surface area contributed by atoms with E-state index in [0.717, 1.165) is 5.56 Å². The molecular formula is C45H77N3O13. The number of ether oxygens (including phenoxy) is 6. The monoisotopic (exact) mass is 868 g/mol. The molecule has 350 valence electrons. The second-order valence-electron chi connectivity index (χ2n) is 19.0. The molecule has 1 aromatic rings. The summed E-state index contributed by atoms with van der Waals surface area (Å²) < 4.78 is 37.8. The van der Waals surface area contributed by atoms with Gasteiger partial charge in [0.25, 0.3) is 0 Å². The first-order valence-electron chi connectivity index (χ1n) is 22.0. The summed E-state index contributed by atoms with van der Waals surface area (Å²) in [4.78, 5) is 31.9. The van der Waals surface area contributed by atoms with Crippen molar-refractivity contribution in [2.75, 3.05) is 27.7 Å². The van der Waals surface area contributed by atoms with Gasteiger partial charge in [0.2, 0.25) is 0 Å². The molecule has 3 aliphatic rings. The number of benzene rings is 1. The van der Waals surface area contributed by atoms with E-state index in [0.29, 0.717) is 6.42 Å². The number of hydrogen-bond acceptors (Lipinski definition) is 14. The molecule has 0 aromatic heterocycles. The van der Waals surface area contributed by atoms with E-state index in [9.17, 15) is 35.1 Å². The van der Waals surface area contributed by atoms with E-state index in [-0.39, 0.29) is 44.5 Å². The maximum absolute atomic E-state index is 14.5. The molecule has 3 saturated heterocycles. The lowest BCUT2D eigenvalue weighted by molar-refractivity contribution is -0.318.